The molecule has 0 saturated carbocycles. The van der Waals surface area contributed by atoms with Gasteiger partial charge in [-0.1, -0.05) is 6.92 Å². The quantitative estimate of drug-likeness (QED) is 0.315. The van der Waals surface area contributed by atoms with Crippen LogP contribution in [0.4, 0.5) is 11.6 Å². The van der Waals surface area contributed by atoms with Crippen LogP contribution in [0.5, 0.6) is 5.75 Å². The lowest BCUT2D eigenvalue weighted by molar-refractivity contribution is -0.384. The fourth-order valence-corrected chi connectivity index (χ4v) is 1.56. The second-order valence-corrected chi connectivity index (χ2v) is 4.03. The largest absolute Gasteiger partial charge is 0.507 e. The molecule has 0 aliphatic carbocycles. The number of nitrogen functional groups attached to an aromatic ring is 1. The van der Waals surface area contributed by atoms with Crippen LogP contribution in [-0.4, -0.2) is 31.1 Å². The SMILES string of the molecule is CCc1nnc(N/N=C/c2cc([N+](=O)[O-])ccc2O)n1N.Cl.Cl. The molecule has 1 heterocycles. The summed E-state index contributed by atoms with van der Waals surface area (Å²) in [5.74, 6) is 6.36. The van der Waals surface area contributed by atoms with Crippen LogP contribution in [-0.2, 0) is 6.42 Å². The number of anilines is 1. The maximum Gasteiger partial charge on any atom is 0.270 e. The zero-order chi connectivity index (χ0) is 15.4. The third-order valence-electron chi connectivity index (χ3n) is 2.67. The summed E-state index contributed by atoms with van der Waals surface area (Å²) < 4.78 is 1.24. The molecule has 1 aromatic carbocycles. The van der Waals surface area contributed by atoms with Gasteiger partial charge in [0.2, 0.25) is 0 Å². The molecular weight excluding hydrogens is 349 g/mol. The van der Waals surface area contributed by atoms with Crippen molar-refractivity contribution in [2.45, 2.75) is 13.3 Å². The molecule has 1 aromatic heterocycles. The number of hydrazone groups is 1. The molecule has 0 saturated heterocycles. The Morgan fingerprint density at radius 3 is 2.74 bits per heavy atom. The summed E-state index contributed by atoms with van der Waals surface area (Å²) in [4.78, 5) is 10.1. The molecule has 0 amide bonds. The number of phenolic OH excluding ortho intramolecular Hbond substituents is 1. The summed E-state index contributed by atoms with van der Waals surface area (Å²) in [5, 5.41) is 31.7. The highest BCUT2D eigenvalue weighted by molar-refractivity contribution is 5.86. The molecule has 10 nitrogen and oxygen atoms in total. The van der Waals surface area contributed by atoms with Gasteiger partial charge in [0.25, 0.3) is 11.6 Å². The molecule has 126 valence electrons. The molecule has 0 atom stereocenters. The number of nitrogens with one attached hydrogen (secondary N) is 1. The van der Waals surface area contributed by atoms with Crippen molar-refractivity contribution in [2.75, 3.05) is 11.3 Å². The van der Waals surface area contributed by atoms with E-state index in [1.807, 2.05) is 6.92 Å². The lowest BCUT2D eigenvalue weighted by atomic mass is 10.2. The number of benzene rings is 1. The van der Waals surface area contributed by atoms with Crippen LogP contribution in [0.2, 0.25) is 0 Å². The van der Waals surface area contributed by atoms with Gasteiger partial charge in [-0.15, -0.1) is 35.0 Å². The molecule has 0 spiro atoms. The number of halogens is 2. The Kier molecular flexibility index (Phi) is 7.77. The van der Waals surface area contributed by atoms with Gasteiger partial charge in [-0.25, -0.2) is 10.1 Å². The Balaban J connectivity index is 0.00000242. The standard InChI is InChI=1S/C11H13N7O3.2ClH/c1-2-10-14-16-11(17(10)12)15-13-6-7-5-8(18(20)21)3-4-9(7)19;;/h3-6,19H,2,12H2,1H3,(H,15,16);2*1H/b13-6+;;. The van der Waals surface area contributed by atoms with Crippen LogP contribution in [0.25, 0.3) is 0 Å². The van der Waals surface area contributed by atoms with E-state index in [0.29, 0.717) is 12.2 Å². The summed E-state index contributed by atoms with van der Waals surface area (Å²) in [6.45, 7) is 1.88. The normalized spacial score (nSPS) is 9.96. The van der Waals surface area contributed by atoms with Gasteiger partial charge in [0, 0.05) is 24.1 Å². The minimum absolute atomic E-state index is 0. The maximum atomic E-state index is 10.7. The number of aromatic hydroxyl groups is 1. The summed E-state index contributed by atoms with van der Waals surface area (Å²) in [7, 11) is 0. The van der Waals surface area contributed by atoms with E-state index in [9.17, 15) is 15.2 Å². The number of phenols is 1. The van der Waals surface area contributed by atoms with E-state index in [1.54, 1.807) is 0 Å². The van der Waals surface area contributed by atoms with Crippen molar-refractivity contribution in [3.05, 3.63) is 39.7 Å². The van der Waals surface area contributed by atoms with Crippen LogP contribution < -0.4 is 11.3 Å². The average molecular weight is 364 g/mol. The van der Waals surface area contributed by atoms with E-state index >= 15 is 0 Å². The van der Waals surface area contributed by atoms with Crippen LogP contribution in [0.15, 0.2) is 23.3 Å². The van der Waals surface area contributed by atoms with E-state index < -0.39 is 4.92 Å². The summed E-state index contributed by atoms with van der Waals surface area (Å²) in [6.07, 6.45) is 1.84. The van der Waals surface area contributed by atoms with Crippen molar-refractivity contribution < 1.29 is 10.0 Å². The first kappa shape index (κ1) is 20.4. The van der Waals surface area contributed by atoms with Crippen LogP contribution in [0.3, 0.4) is 0 Å². The van der Waals surface area contributed by atoms with E-state index in [-0.39, 0.29) is 47.8 Å². The summed E-state index contributed by atoms with van der Waals surface area (Å²) >= 11 is 0. The van der Waals surface area contributed by atoms with Gasteiger partial charge < -0.3 is 10.9 Å². The minimum Gasteiger partial charge on any atom is -0.507 e. The van der Waals surface area contributed by atoms with Gasteiger partial charge in [-0.3, -0.25) is 10.1 Å². The Bertz CT molecular complexity index is 705. The van der Waals surface area contributed by atoms with Crippen molar-refractivity contribution in [2.24, 2.45) is 5.10 Å². The number of non-ortho nitro benzene ring substituents is 1. The molecule has 0 unspecified atom stereocenters. The number of hydrogen-bond acceptors (Lipinski definition) is 8. The highest BCUT2D eigenvalue weighted by Gasteiger charge is 2.09. The molecule has 4 N–H and O–H groups in total. The van der Waals surface area contributed by atoms with Crippen molar-refractivity contribution in [1.82, 2.24) is 14.9 Å². The predicted octanol–water partition coefficient (Wildman–Crippen LogP) is 1.46. The molecule has 0 aliphatic heterocycles. The van der Waals surface area contributed by atoms with Gasteiger partial charge in [-0.05, 0) is 6.07 Å². The van der Waals surface area contributed by atoms with E-state index in [2.05, 4.69) is 20.7 Å². The van der Waals surface area contributed by atoms with Gasteiger partial charge in [0.1, 0.15) is 5.75 Å². The van der Waals surface area contributed by atoms with E-state index in [0.717, 1.165) is 0 Å². The molecule has 0 bridgehead atoms. The number of nitro benzene ring substituents is 1. The molecule has 12 heteroatoms. The number of nitrogens with two attached hydrogens (primary N) is 1. The molecule has 2 aromatic rings. The lowest BCUT2D eigenvalue weighted by Gasteiger charge is -2.01. The van der Waals surface area contributed by atoms with Crippen molar-refractivity contribution in [1.29, 1.82) is 0 Å². The molecule has 23 heavy (non-hydrogen) atoms. The zero-order valence-corrected chi connectivity index (χ0v) is 13.5. The van der Waals surface area contributed by atoms with Crippen molar-refractivity contribution in [3.8, 4) is 5.75 Å². The second-order valence-electron chi connectivity index (χ2n) is 4.03. The minimum atomic E-state index is -0.561. The number of rotatable bonds is 5. The number of aryl methyl sites for hydroxylation is 1. The van der Waals surface area contributed by atoms with Crippen LogP contribution in [0, 0.1) is 10.1 Å². The monoisotopic (exact) mass is 363 g/mol. The number of nitrogens with zero attached hydrogens (tertiary/aromatic N) is 5. The Morgan fingerprint density at radius 2 is 2.17 bits per heavy atom. The summed E-state index contributed by atoms with van der Waals surface area (Å²) in [6, 6.07) is 3.62. The molecule has 0 aliphatic rings. The fourth-order valence-electron chi connectivity index (χ4n) is 1.56. The predicted molar refractivity (Wildman–Crippen MR) is 90.0 cm³/mol. The number of hydrogen-bond donors (Lipinski definition) is 3. The number of nitro groups is 1. The topological polar surface area (TPSA) is 144 Å². The highest BCUT2D eigenvalue weighted by atomic mass is 35.5. The average Bonchev–Trinajstić information content (AvgIpc) is 2.81. The third kappa shape index (κ3) is 4.69. The van der Waals surface area contributed by atoms with Gasteiger partial charge in [-0.2, -0.15) is 5.10 Å². The number of aromatic nitrogens is 3. The molecule has 2 rings (SSSR count). The Labute approximate surface area is 143 Å². The highest BCUT2D eigenvalue weighted by Crippen LogP contribution is 2.21. The van der Waals surface area contributed by atoms with E-state index in [4.69, 9.17) is 5.84 Å². The zero-order valence-electron chi connectivity index (χ0n) is 11.9. The smallest absolute Gasteiger partial charge is 0.270 e. The fraction of sp³-hybridized carbons (Fsp3) is 0.182. The molecular formula is C11H15Cl2N7O3. The first-order valence-corrected chi connectivity index (χ1v) is 5.98. The van der Waals surface area contributed by atoms with Crippen molar-refractivity contribution in [3.63, 3.8) is 0 Å². The van der Waals surface area contributed by atoms with Gasteiger partial charge in [0.15, 0.2) is 5.82 Å². The van der Waals surface area contributed by atoms with Gasteiger partial charge >= 0.3 is 0 Å². The molecule has 0 fully saturated rings. The molecule has 0 radical (unpaired) electrons. The van der Waals surface area contributed by atoms with Crippen LogP contribution >= 0.6 is 24.8 Å². The van der Waals surface area contributed by atoms with Gasteiger partial charge in [0.05, 0.1) is 11.1 Å². The van der Waals surface area contributed by atoms with Crippen LogP contribution in [0.1, 0.15) is 18.3 Å². The third-order valence-corrected chi connectivity index (χ3v) is 2.67. The van der Waals surface area contributed by atoms with E-state index in [1.165, 1.54) is 29.1 Å². The first-order valence-electron chi connectivity index (χ1n) is 5.98. The Hall–Kier alpha value is -2.59. The maximum absolute atomic E-state index is 10.7. The van der Waals surface area contributed by atoms with Crippen molar-refractivity contribution >= 4 is 42.7 Å². The Morgan fingerprint density at radius 1 is 1.48 bits per heavy atom. The lowest BCUT2D eigenvalue weighted by Crippen LogP contribution is -2.14. The second kappa shape index (κ2) is 8.76. The summed E-state index contributed by atoms with van der Waals surface area (Å²) in [5.41, 5.74) is 2.59. The first-order chi connectivity index (χ1) is 10.0.